The lowest BCUT2D eigenvalue weighted by Gasteiger charge is -2.05. The zero-order valence-corrected chi connectivity index (χ0v) is 14.5. The van der Waals surface area contributed by atoms with Crippen LogP contribution in [0.1, 0.15) is 11.1 Å². The van der Waals surface area contributed by atoms with E-state index in [1.165, 1.54) is 10.9 Å². The number of fused-ring (bicyclic) bond motifs is 1. The largest absolute Gasteiger partial charge is 0.473 e. The van der Waals surface area contributed by atoms with Crippen molar-refractivity contribution in [2.24, 2.45) is 0 Å². The summed E-state index contributed by atoms with van der Waals surface area (Å²) in [5.41, 5.74) is 3.43. The Labute approximate surface area is 155 Å². The summed E-state index contributed by atoms with van der Waals surface area (Å²) in [6, 6.07) is 18.0. The van der Waals surface area contributed by atoms with Crippen LogP contribution < -0.4 is 5.32 Å². The Hall–Kier alpha value is -3.61. The van der Waals surface area contributed by atoms with E-state index in [1.807, 2.05) is 48.7 Å². The molecule has 1 aromatic heterocycles. The molecule has 0 aliphatic rings. The molecule has 0 unspecified atom stereocenters. The number of para-hydroxylation sites is 1. The van der Waals surface area contributed by atoms with Gasteiger partial charge in [-0.3, -0.25) is 4.79 Å². The molecule has 3 aromatic rings. The number of aromatic nitrogens is 1. The van der Waals surface area contributed by atoms with E-state index in [0.717, 1.165) is 17.5 Å². The standard InChI is InChI=1S/C18H18N2O.C2H2O4/c21-18(12-14-6-2-1-3-7-14)19-11-10-15-13-20-17-9-5-4-8-16(15)17;3-1(4)2(5)6/h1-9,13,20H,10-12H2,(H,19,21);(H,3,4)(H,5,6). The summed E-state index contributed by atoms with van der Waals surface area (Å²) >= 11 is 0. The van der Waals surface area contributed by atoms with Gasteiger partial charge in [-0.05, 0) is 23.6 Å². The predicted octanol–water partition coefficient (Wildman–Crippen LogP) is 2.22. The molecule has 0 fully saturated rings. The highest BCUT2D eigenvalue weighted by atomic mass is 16.4. The highest BCUT2D eigenvalue weighted by molar-refractivity contribution is 6.27. The Balaban J connectivity index is 0.000000380. The molecule has 0 atom stereocenters. The number of aliphatic carboxylic acids is 2. The van der Waals surface area contributed by atoms with Gasteiger partial charge < -0.3 is 20.5 Å². The molecule has 0 saturated carbocycles. The summed E-state index contributed by atoms with van der Waals surface area (Å²) in [4.78, 5) is 33.3. The summed E-state index contributed by atoms with van der Waals surface area (Å²) in [5, 5.41) is 19.0. The first-order valence-corrected chi connectivity index (χ1v) is 8.29. The summed E-state index contributed by atoms with van der Waals surface area (Å²) in [6.45, 7) is 0.660. The molecule has 1 heterocycles. The summed E-state index contributed by atoms with van der Waals surface area (Å²) in [5.74, 6) is -3.58. The van der Waals surface area contributed by atoms with Gasteiger partial charge in [0.2, 0.25) is 5.91 Å². The molecule has 2 aromatic carbocycles. The van der Waals surface area contributed by atoms with Gasteiger partial charge in [-0.15, -0.1) is 0 Å². The smallest absolute Gasteiger partial charge is 0.414 e. The molecule has 4 N–H and O–H groups in total. The van der Waals surface area contributed by atoms with E-state index in [1.54, 1.807) is 0 Å². The Kier molecular flexibility index (Phi) is 7.13. The van der Waals surface area contributed by atoms with Crippen LogP contribution in [-0.2, 0) is 27.2 Å². The zero-order chi connectivity index (χ0) is 19.6. The van der Waals surface area contributed by atoms with Crippen LogP contribution in [0.25, 0.3) is 10.9 Å². The number of carboxylic acid groups (broad SMARTS) is 2. The number of carbonyl (C=O) groups is 3. The van der Waals surface area contributed by atoms with Crippen LogP contribution in [0.2, 0.25) is 0 Å². The maximum Gasteiger partial charge on any atom is 0.414 e. The third-order valence-corrected chi connectivity index (χ3v) is 3.78. The molecule has 0 spiro atoms. The van der Waals surface area contributed by atoms with Gasteiger partial charge in [-0.25, -0.2) is 9.59 Å². The van der Waals surface area contributed by atoms with Crippen molar-refractivity contribution in [3.63, 3.8) is 0 Å². The number of carboxylic acids is 2. The minimum atomic E-state index is -1.82. The predicted molar refractivity (Wildman–Crippen MR) is 100 cm³/mol. The van der Waals surface area contributed by atoms with Crippen molar-refractivity contribution in [2.45, 2.75) is 12.8 Å². The average molecular weight is 368 g/mol. The van der Waals surface area contributed by atoms with Gasteiger partial charge in [0.15, 0.2) is 0 Å². The SMILES string of the molecule is O=C(Cc1ccccc1)NCCc1c[nH]c2ccccc12.O=C(O)C(=O)O. The quantitative estimate of drug-likeness (QED) is 0.515. The molecule has 0 bridgehead atoms. The van der Waals surface area contributed by atoms with E-state index in [9.17, 15) is 4.79 Å². The lowest BCUT2D eigenvalue weighted by Crippen LogP contribution is -2.27. The third-order valence-electron chi connectivity index (χ3n) is 3.78. The molecule has 0 saturated heterocycles. The van der Waals surface area contributed by atoms with Gasteiger partial charge in [0.25, 0.3) is 0 Å². The third kappa shape index (κ3) is 6.32. The number of nitrogens with one attached hydrogen (secondary N) is 2. The summed E-state index contributed by atoms with van der Waals surface area (Å²) < 4.78 is 0. The molecule has 7 heteroatoms. The van der Waals surface area contributed by atoms with E-state index in [0.29, 0.717) is 13.0 Å². The van der Waals surface area contributed by atoms with Crippen LogP contribution in [0.15, 0.2) is 60.8 Å². The van der Waals surface area contributed by atoms with Crippen LogP contribution in [0, 0.1) is 0 Å². The molecule has 3 rings (SSSR count). The molecular weight excluding hydrogens is 348 g/mol. The van der Waals surface area contributed by atoms with Gasteiger partial charge in [0, 0.05) is 23.6 Å². The number of aromatic amines is 1. The van der Waals surface area contributed by atoms with E-state index < -0.39 is 11.9 Å². The summed E-state index contributed by atoms with van der Waals surface area (Å²) in [7, 11) is 0. The highest BCUT2D eigenvalue weighted by Crippen LogP contribution is 2.17. The van der Waals surface area contributed by atoms with Gasteiger partial charge >= 0.3 is 11.9 Å². The topological polar surface area (TPSA) is 119 Å². The molecule has 7 nitrogen and oxygen atoms in total. The van der Waals surface area contributed by atoms with Crippen LogP contribution in [0.5, 0.6) is 0 Å². The van der Waals surface area contributed by atoms with Crippen molar-refractivity contribution in [2.75, 3.05) is 6.54 Å². The van der Waals surface area contributed by atoms with E-state index in [2.05, 4.69) is 22.4 Å². The van der Waals surface area contributed by atoms with E-state index in [-0.39, 0.29) is 5.91 Å². The van der Waals surface area contributed by atoms with Crippen LogP contribution in [0.3, 0.4) is 0 Å². The average Bonchev–Trinajstić information content (AvgIpc) is 3.06. The first-order valence-electron chi connectivity index (χ1n) is 8.29. The molecule has 0 aliphatic carbocycles. The number of H-pyrrole nitrogens is 1. The maximum atomic E-state index is 11.9. The van der Waals surface area contributed by atoms with Crippen molar-refractivity contribution in [1.82, 2.24) is 10.3 Å². The van der Waals surface area contributed by atoms with Crippen molar-refractivity contribution in [3.05, 3.63) is 71.9 Å². The fourth-order valence-corrected chi connectivity index (χ4v) is 2.52. The Morgan fingerprint density at radius 2 is 1.52 bits per heavy atom. The normalized spacial score (nSPS) is 9.93. The Bertz CT molecular complexity index is 906. The monoisotopic (exact) mass is 368 g/mol. The van der Waals surface area contributed by atoms with Gasteiger partial charge in [0.05, 0.1) is 6.42 Å². The molecule has 140 valence electrons. The van der Waals surface area contributed by atoms with Crippen molar-refractivity contribution in [3.8, 4) is 0 Å². The lowest BCUT2D eigenvalue weighted by atomic mass is 10.1. The Morgan fingerprint density at radius 3 is 2.19 bits per heavy atom. The zero-order valence-electron chi connectivity index (χ0n) is 14.5. The summed E-state index contributed by atoms with van der Waals surface area (Å²) in [6.07, 6.45) is 3.30. The first-order chi connectivity index (χ1) is 13.0. The van der Waals surface area contributed by atoms with Crippen LogP contribution >= 0.6 is 0 Å². The number of carbonyl (C=O) groups excluding carboxylic acids is 1. The lowest BCUT2D eigenvalue weighted by molar-refractivity contribution is -0.159. The number of hydrogen-bond donors (Lipinski definition) is 4. The first kappa shape index (κ1) is 19.7. The van der Waals surface area contributed by atoms with Crippen molar-refractivity contribution in [1.29, 1.82) is 0 Å². The fourth-order valence-electron chi connectivity index (χ4n) is 2.52. The second-order valence-corrected chi connectivity index (χ2v) is 5.73. The van der Waals surface area contributed by atoms with Crippen LogP contribution in [-0.4, -0.2) is 39.6 Å². The maximum absolute atomic E-state index is 11.9. The molecule has 1 amide bonds. The molecule has 0 aliphatic heterocycles. The van der Waals surface area contributed by atoms with Crippen molar-refractivity contribution >= 4 is 28.7 Å². The van der Waals surface area contributed by atoms with Gasteiger partial charge in [0.1, 0.15) is 0 Å². The fraction of sp³-hybridized carbons (Fsp3) is 0.150. The van der Waals surface area contributed by atoms with Gasteiger partial charge in [-0.2, -0.15) is 0 Å². The molecule has 0 radical (unpaired) electrons. The Morgan fingerprint density at radius 1 is 0.889 bits per heavy atom. The number of rotatable bonds is 5. The van der Waals surface area contributed by atoms with Crippen molar-refractivity contribution < 1.29 is 24.6 Å². The molecule has 27 heavy (non-hydrogen) atoms. The second-order valence-electron chi connectivity index (χ2n) is 5.73. The number of benzene rings is 2. The minimum absolute atomic E-state index is 0.0704. The van der Waals surface area contributed by atoms with E-state index >= 15 is 0 Å². The second kappa shape index (κ2) is 9.76. The minimum Gasteiger partial charge on any atom is -0.473 e. The van der Waals surface area contributed by atoms with Gasteiger partial charge in [-0.1, -0.05) is 48.5 Å². The number of amides is 1. The van der Waals surface area contributed by atoms with E-state index in [4.69, 9.17) is 19.8 Å². The van der Waals surface area contributed by atoms with Crippen LogP contribution in [0.4, 0.5) is 0 Å². The number of hydrogen-bond acceptors (Lipinski definition) is 3. The highest BCUT2D eigenvalue weighted by Gasteiger charge is 2.05. The molecular formula is C20H20N2O5.